The van der Waals surface area contributed by atoms with E-state index >= 15 is 0 Å². The van der Waals surface area contributed by atoms with Crippen LogP contribution in [0.5, 0.6) is 0 Å². The summed E-state index contributed by atoms with van der Waals surface area (Å²) >= 11 is 0. The van der Waals surface area contributed by atoms with Gasteiger partial charge in [0.25, 0.3) is 0 Å². The number of hydrogen-bond acceptors (Lipinski definition) is 2. The lowest BCUT2D eigenvalue weighted by Crippen LogP contribution is -2.36. The number of halogens is 1. The van der Waals surface area contributed by atoms with Crippen LogP contribution in [0.1, 0.15) is 19.4 Å². The van der Waals surface area contributed by atoms with E-state index in [1.165, 1.54) is 37.9 Å². The highest BCUT2D eigenvalue weighted by atomic mass is 35.5. The third-order valence-corrected chi connectivity index (χ3v) is 5.18. The van der Waals surface area contributed by atoms with E-state index in [9.17, 15) is 5.11 Å². The van der Waals surface area contributed by atoms with Gasteiger partial charge >= 0.3 is 0 Å². The largest absolute Gasteiger partial charge is 0.395 e. The molecule has 0 aliphatic heterocycles. The maximum absolute atomic E-state index is 9.55. The molecular formula is C22H24ClNO. The van der Waals surface area contributed by atoms with Crippen molar-refractivity contribution in [2.45, 2.75) is 26.4 Å². The minimum atomic E-state index is 0. The van der Waals surface area contributed by atoms with Crippen LogP contribution in [0.2, 0.25) is 0 Å². The van der Waals surface area contributed by atoms with Gasteiger partial charge in [-0.25, -0.2) is 0 Å². The monoisotopic (exact) mass is 353 g/mol. The van der Waals surface area contributed by atoms with Gasteiger partial charge in [0.2, 0.25) is 0 Å². The summed E-state index contributed by atoms with van der Waals surface area (Å²) in [4.78, 5) is 0. The zero-order chi connectivity index (χ0) is 16.7. The minimum Gasteiger partial charge on any atom is -0.395 e. The summed E-state index contributed by atoms with van der Waals surface area (Å²) in [5.41, 5.74) is 1.29. The van der Waals surface area contributed by atoms with Gasteiger partial charge in [-0.3, -0.25) is 0 Å². The first kappa shape index (κ1) is 17.9. The van der Waals surface area contributed by atoms with Gasteiger partial charge in [-0.15, -0.1) is 12.4 Å². The predicted molar refractivity (Wildman–Crippen MR) is 110 cm³/mol. The second kappa shape index (κ2) is 7.17. The first-order chi connectivity index (χ1) is 11.7. The molecule has 4 rings (SSSR count). The molecule has 1 unspecified atom stereocenters. The average Bonchev–Trinajstić information content (AvgIpc) is 2.60. The Morgan fingerprint density at radius 1 is 0.840 bits per heavy atom. The molecule has 0 spiro atoms. The second-order valence-corrected chi connectivity index (χ2v) is 6.99. The van der Waals surface area contributed by atoms with Crippen LogP contribution in [0, 0.1) is 5.92 Å². The molecule has 2 N–H and O–H groups in total. The molecule has 25 heavy (non-hydrogen) atoms. The number of aliphatic hydroxyl groups excluding tert-OH is 1. The number of benzene rings is 4. The highest BCUT2D eigenvalue weighted by Crippen LogP contribution is 2.35. The first-order valence-electron chi connectivity index (χ1n) is 8.68. The molecule has 0 radical (unpaired) electrons. The fraction of sp³-hybridized carbons (Fsp3) is 0.273. The first-order valence-corrected chi connectivity index (χ1v) is 8.68. The van der Waals surface area contributed by atoms with E-state index in [0.29, 0.717) is 5.92 Å². The van der Waals surface area contributed by atoms with Crippen molar-refractivity contribution in [3.8, 4) is 0 Å². The quantitative estimate of drug-likeness (QED) is 0.488. The van der Waals surface area contributed by atoms with E-state index in [2.05, 4.69) is 73.8 Å². The van der Waals surface area contributed by atoms with Gasteiger partial charge in [0.05, 0.1) is 6.61 Å². The highest BCUT2D eigenvalue weighted by Gasteiger charge is 2.14. The van der Waals surface area contributed by atoms with Crippen molar-refractivity contribution in [2.75, 3.05) is 6.61 Å². The Bertz CT molecular complexity index is 979. The van der Waals surface area contributed by atoms with Gasteiger partial charge in [0, 0.05) is 12.6 Å². The van der Waals surface area contributed by atoms with Crippen molar-refractivity contribution in [3.63, 3.8) is 0 Å². The van der Waals surface area contributed by atoms with Crippen LogP contribution >= 0.6 is 12.4 Å². The van der Waals surface area contributed by atoms with Crippen molar-refractivity contribution in [3.05, 3.63) is 60.2 Å². The number of nitrogens with one attached hydrogen (secondary N) is 1. The van der Waals surface area contributed by atoms with Crippen molar-refractivity contribution in [2.24, 2.45) is 5.92 Å². The molecule has 3 heteroatoms. The van der Waals surface area contributed by atoms with Crippen LogP contribution in [0.25, 0.3) is 32.3 Å². The van der Waals surface area contributed by atoms with E-state index in [0.717, 1.165) is 6.54 Å². The Morgan fingerprint density at radius 2 is 1.44 bits per heavy atom. The molecular weight excluding hydrogens is 330 g/mol. The van der Waals surface area contributed by atoms with Crippen molar-refractivity contribution >= 4 is 44.7 Å². The molecule has 0 heterocycles. The summed E-state index contributed by atoms with van der Waals surface area (Å²) in [6.07, 6.45) is 0. The summed E-state index contributed by atoms with van der Waals surface area (Å²) in [6.45, 7) is 5.22. The van der Waals surface area contributed by atoms with Gasteiger partial charge in [0.1, 0.15) is 0 Å². The van der Waals surface area contributed by atoms with Crippen molar-refractivity contribution in [1.29, 1.82) is 0 Å². The van der Waals surface area contributed by atoms with E-state index in [-0.39, 0.29) is 25.1 Å². The van der Waals surface area contributed by atoms with Crippen LogP contribution in [0.15, 0.2) is 54.6 Å². The predicted octanol–water partition coefficient (Wildman–Crippen LogP) is 5.11. The van der Waals surface area contributed by atoms with E-state index in [4.69, 9.17) is 0 Å². The third-order valence-electron chi connectivity index (χ3n) is 5.18. The molecule has 4 aromatic rings. The summed E-state index contributed by atoms with van der Waals surface area (Å²) < 4.78 is 0. The molecule has 0 aliphatic carbocycles. The normalized spacial score (nSPS) is 13.0. The highest BCUT2D eigenvalue weighted by molar-refractivity contribution is 6.23. The number of rotatable bonds is 5. The molecule has 1 atom stereocenters. The van der Waals surface area contributed by atoms with Gasteiger partial charge < -0.3 is 10.4 Å². The minimum absolute atomic E-state index is 0. The molecule has 0 amide bonds. The van der Waals surface area contributed by atoms with Gasteiger partial charge in [-0.2, -0.15) is 0 Å². The van der Waals surface area contributed by atoms with E-state index in [1.807, 2.05) is 0 Å². The smallest absolute Gasteiger partial charge is 0.0587 e. The molecule has 0 saturated carbocycles. The van der Waals surface area contributed by atoms with Gasteiger partial charge in [0.15, 0.2) is 0 Å². The van der Waals surface area contributed by atoms with Gasteiger partial charge in [-0.1, -0.05) is 68.4 Å². The Morgan fingerprint density at radius 3 is 2.08 bits per heavy atom. The second-order valence-electron chi connectivity index (χ2n) is 6.99. The van der Waals surface area contributed by atoms with Crippen molar-refractivity contribution in [1.82, 2.24) is 5.32 Å². The summed E-state index contributed by atoms with van der Waals surface area (Å²) in [6, 6.07) is 19.9. The van der Waals surface area contributed by atoms with Crippen molar-refractivity contribution < 1.29 is 5.11 Å². The van der Waals surface area contributed by atoms with Gasteiger partial charge in [-0.05, 0) is 43.8 Å². The molecule has 0 fully saturated rings. The summed E-state index contributed by atoms with van der Waals surface area (Å²) in [5.74, 6) is 0.412. The van der Waals surface area contributed by atoms with E-state index < -0.39 is 0 Å². The Kier molecular flexibility index (Phi) is 5.14. The maximum Gasteiger partial charge on any atom is 0.0587 e. The average molecular weight is 354 g/mol. The van der Waals surface area contributed by atoms with Crippen LogP contribution in [0.3, 0.4) is 0 Å². The fourth-order valence-corrected chi connectivity index (χ4v) is 3.70. The standard InChI is InChI=1S/C22H23NO.ClH/c1-14(2)20(13-24)23-12-18-9-8-17-7-6-15-4-3-5-16-10-11-19(18)22(17)21(15)16;/h3-11,14,20,23-24H,12-13H2,1-2H3;1H. The zero-order valence-electron chi connectivity index (χ0n) is 14.6. The lowest BCUT2D eigenvalue weighted by Gasteiger charge is -2.21. The lowest BCUT2D eigenvalue weighted by molar-refractivity contribution is 0.210. The van der Waals surface area contributed by atoms with Crippen LogP contribution in [-0.4, -0.2) is 17.8 Å². The topological polar surface area (TPSA) is 32.3 Å². The Labute approximate surface area is 154 Å². The molecule has 0 bridgehead atoms. The number of hydrogen-bond donors (Lipinski definition) is 2. The molecule has 4 aromatic carbocycles. The van der Waals surface area contributed by atoms with E-state index in [1.54, 1.807) is 0 Å². The molecule has 0 aromatic heterocycles. The van der Waals surface area contributed by atoms with Crippen LogP contribution < -0.4 is 5.32 Å². The molecule has 0 saturated heterocycles. The maximum atomic E-state index is 9.55. The molecule has 2 nitrogen and oxygen atoms in total. The summed E-state index contributed by atoms with van der Waals surface area (Å²) in [7, 11) is 0. The third kappa shape index (κ3) is 3.06. The fourth-order valence-electron chi connectivity index (χ4n) is 3.70. The molecule has 130 valence electrons. The van der Waals surface area contributed by atoms with Crippen LogP contribution in [-0.2, 0) is 6.54 Å². The molecule has 0 aliphatic rings. The summed E-state index contributed by atoms with van der Waals surface area (Å²) in [5, 5.41) is 21.0. The zero-order valence-corrected chi connectivity index (χ0v) is 15.4. The SMILES string of the molecule is CC(C)C(CO)NCc1ccc2ccc3cccc4ccc1c2c34.Cl. The Hall–Kier alpha value is -1.87. The van der Waals surface area contributed by atoms with Crippen LogP contribution in [0.4, 0.5) is 0 Å². The lowest BCUT2D eigenvalue weighted by atomic mass is 9.92. The number of aliphatic hydroxyl groups is 1. The Balaban J connectivity index is 0.00000182.